The van der Waals surface area contributed by atoms with Gasteiger partial charge in [-0.2, -0.15) is 0 Å². The van der Waals surface area contributed by atoms with E-state index >= 15 is 0 Å². The lowest BCUT2D eigenvalue weighted by Gasteiger charge is -2.57. The summed E-state index contributed by atoms with van der Waals surface area (Å²) in [5.74, 6) is 1.65. The van der Waals surface area contributed by atoms with Crippen LogP contribution in [0.15, 0.2) is 41.0 Å². The summed E-state index contributed by atoms with van der Waals surface area (Å²) in [5.41, 5.74) is 6.64. The second kappa shape index (κ2) is 5.25. The Kier molecular flexibility index (Phi) is 3.15. The summed E-state index contributed by atoms with van der Waals surface area (Å²) in [5, 5.41) is 10.2. The van der Waals surface area contributed by atoms with Crippen molar-refractivity contribution in [3.63, 3.8) is 0 Å². The van der Waals surface area contributed by atoms with Gasteiger partial charge in [-0.05, 0) is 73.8 Å². The Bertz CT molecular complexity index is 1010. The fourth-order valence-electron chi connectivity index (χ4n) is 7.54. The fourth-order valence-corrected chi connectivity index (χ4v) is 7.54. The number of aromatic hydroxyl groups is 1. The highest BCUT2D eigenvalue weighted by molar-refractivity contribution is 5.92. The van der Waals surface area contributed by atoms with E-state index in [1.165, 1.54) is 16.7 Å². The molecule has 0 aliphatic heterocycles. The molecule has 144 valence electrons. The third kappa shape index (κ3) is 1.90. The number of Topliss-reactive ketones (excluding diaryl/α,β-unsaturated/α-hetero) is 1. The molecule has 0 amide bonds. The third-order valence-corrected chi connectivity index (χ3v) is 8.73. The third-order valence-electron chi connectivity index (χ3n) is 8.73. The molecule has 4 atom stereocenters. The lowest BCUT2D eigenvalue weighted by molar-refractivity contribution is -0.126. The van der Waals surface area contributed by atoms with Crippen molar-refractivity contribution in [1.82, 2.24) is 0 Å². The van der Waals surface area contributed by atoms with Crippen LogP contribution in [0.1, 0.15) is 68.9 Å². The monoisotopic (exact) mass is 374 g/mol. The minimum Gasteiger partial charge on any atom is -0.508 e. The summed E-state index contributed by atoms with van der Waals surface area (Å²) in [6.45, 7) is 2.20. The Morgan fingerprint density at radius 1 is 1.11 bits per heavy atom. The zero-order valence-corrected chi connectivity index (χ0v) is 16.4. The number of allylic oxidation sites excluding steroid dienone is 4. The molecule has 1 N–H and O–H groups in total. The molecule has 1 fully saturated rings. The first-order chi connectivity index (χ1) is 13.4. The van der Waals surface area contributed by atoms with E-state index in [1.54, 1.807) is 17.2 Å². The van der Waals surface area contributed by atoms with Crippen LogP contribution in [-0.4, -0.2) is 16.7 Å². The van der Waals surface area contributed by atoms with Crippen LogP contribution in [0.25, 0.3) is 0 Å². The van der Waals surface area contributed by atoms with E-state index in [0.717, 1.165) is 38.5 Å². The Morgan fingerprint density at radius 3 is 2.82 bits per heavy atom. The topological polar surface area (TPSA) is 54.4 Å². The van der Waals surface area contributed by atoms with E-state index < -0.39 is 0 Å². The Hall–Kier alpha value is -2.16. The van der Waals surface area contributed by atoms with Crippen LogP contribution in [0.4, 0.5) is 0 Å². The van der Waals surface area contributed by atoms with Crippen LogP contribution < -0.4 is 0 Å². The zero-order chi connectivity index (χ0) is 19.3. The van der Waals surface area contributed by atoms with E-state index in [1.807, 2.05) is 12.1 Å². The second-order valence-electron chi connectivity index (χ2n) is 9.91. The number of rotatable bonds is 0. The molecule has 1 spiro atoms. The molecule has 5 aliphatic rings. The van der Waals surface area contributed by atoms with Crippen LogP contribution in [-0.2, 0) is 16.0 Å². The molecule has 3 heteroatoms. The molecular weight excluding hydrogens is 348 g/mol. The van der Waals surface area contributed by atoms with Gasteiger partial charge in [0.1, 0.15) is 11.5 Å². The van der Waals surface area contributed by atoms with E-state index in [0.29, 0.717) is 30.3 Å². The number of hydrogen-bond acceptors (Lipinski definition) is 3. The smallest absolute Gasteiger partial charge is 0.155 e. The van der Waals surface area contributed by atoms with Gasteiger partial charge in [0.2, 0.25) is 0 Å². The molecule has 6 rings (SSSR count). The van der Waals surface area contributed by atoms with E-state index in [9.17, 15) is 14.7 Å². The highest BCUT2D eigenvalue weighted by Gasteiger charge is 2.59. The first-order valence-corrected chi connectivity index (χ1v) is 10.7. The highest BCUT2D eigenvalue weighted by atomic mass is 16.3. The maximum Gasteiger partial charge on any atom is 0.155 e. The number of phenolic OH excluding ortho intramolecular Hbond substituents is 1. The number of ketones is 2. The van der Waals surface area contributed by atoms with E-state index in [4.69, 9.17) is 0 Å². The lowest BCUT2D eigenvalue weighted by Crippen LogP contribution is -2.48. The van der Waals surface area contributed by atoms with Gasteiger partial charge in [0.25, 0.3) is 0 Å². The predicted molar refractivity (Wildman–Crippen MR) is 106 cm³/mol. The molecule has 1 saturated carbocycles. The van der Waals surface area contributed by atoms with Crippen molar-refractivity contribution in [2.75, 3.05) is 0 Å². The van der Waals surface area contributed by atoms with Gasteiger partial charge in [0.15, 0.2) is 5.78 Å². The van der Waals surface area contributed by atoms with Crippen LogP contribution in [0.2, 0.25) is 0 Å². The number of hydrogen-bond donors (Lipinski definition) is 1. The van der Waals surface area contributed by atoms with Gasteiger partial charge in [-0.25, -0.2) is 0 Å². The number of carbonyl (C=O) groups excluding carboxylic acids is 2. The van der Waals surface area contributed by atoms with E-state index in [2.05, 4.69) is 13.0 Å². The molecule has 1 aromatic carbocycles. The van der Waals surface area contributed by atoms with Crippen molar-refractivity contribution in [2.45, 2.75) is 64.2 Å². The van der Waals surface area contributed by atoms with Crippen molar-refractivity contribution in [1.29, 1.82) is 0 Å². The summed E-state index contributed by atoms with van der Waals surface area (Å²) in [6, 6.07) is 5.81. The maximum atomic E-state index is 12.9. The summed E-state index contributed by atoms with van der Waals surface area (Å²) < 4.78 is 0. The molecule has 0 bridgehead atoms. The van der Waals surface area contributed by atoms with Gasteiger partial charge in [-0.15, -0.1) is 0 Å². The summed E-state index contributed by atoms with van der Waals surface area (Å²) in [7, 11) is 0. The SMILES string of the molecule is C[C@]12CC3C4=C(CCC5=CC(=O)CC[C@@]54Cc4cc(O)ccc43)[C@@H]1CCC2=O. The summed E-state index contributed by atoms with van der Waals surface area (Å²) in [6.07, 6.45) is 8.88. The van der Waals surface area contributed by atoms with E-state index in [-0.39, 0.29) is 22.5 Å². The molecule has 28 heavy (non-hydrogen) atoms. The quantitative estimate of drug-likeness (QED) is 0.665. The molecule has 5 aliphatic carbocycles. The number of benzene rings is 1. The average molecular weight is 374 g/mol. The largest absolute Gasteiger partial charge is 0.508 e. The normalized spacial score (nSPS) is 38.4. The molecule has 1 unspecified atom stereocenters. The zero-order valence-electron chi connectivity index (χ0n) is 16.4. The van der Waals surface area contributed by atoms with Gasteiger partial charge in [-0.3, -0.25) is 9.59 Å². The van der Waals surface area contributed by atoms with Crippen molar-refractivity contribution in [2.24, 2.45) is 16.7 Å². The molecule has 0 saturated heterocycles. The maximum absolute atomic E-state index is 12.9. The van der Waals surface area contributed by atoms with Crippen molar-refractivity contribution < 1.29 is 14.7 Å². The van der Waals surface area contributed by atoms with Crippen LogP contribution in [0.3, 0.4) is 0 Å². The highest BCUT2D eigenvalue weighted by Crippen LogP contribution is 2.68. The number of phenols is 1. The van der Waals surface area contributed by atoms with Crippen molar-refractivity contribution in [3.8, 4) is 5.75 Å². The molecule has 0 radical (unpaired) electrons. The van der Waals surface area contributed by atoms with Crippen LogP contribution in [0.5, 0.6) is 5.75 Å². The lowest BCUT2D eigenvalue weighted by atomic mass is 9.46. The average Bonchev–Trinajstić information content (AvgIpc) is 2.96. The predicted octanol–water partition coefficient (Wildman–Crippen LogP) is 4.79. The standard InChI is InChI=1S/C25H26O3/c1-24-13-20-18-5-3-16(26)10-14(18)12-25-9-8-17(27)11-15(25)2-4-19(23(20)25)21(24)6-7-22(24)28/h3,5,10-11,20-21,26H,2,4,6-9,12-13H2,1H3/t20?,21-,24-,25+/m0/s1. The molecule has 3 nitrogen and oxygen atoms in total. The van der Waals surface area contributed by atoms with Gasteiger partial charge >= 0.3 is 0 Å². The molecule has 0 heterocycles. The van der Waals surface area contributed by atoms with Crippen molar-refractivity contribution in [3.05, 3.63) is 52.1 Å². The molecule has 0 aromatic heterocycles. The van der Waals surface area contributed by atoms with Gasteiger partial charge in [0, 0.05) is 29.6 Å². The first-order valence-electron chi connectivity index (χ1n) is 10.7. The Morgan fingerprint density at radius 2 is 1.96 bits per heavy atom. The molecule has 1 aromatic rings. The minimum absolute atomic E-state index is 0.0556. The number of carbonyl (C=O) groups is 2. The van der Waals surface area contributed by atoms with Crippen molar-refractivity contribution >= 4 is 11.6 Å². The fraction of sp³-hybridized carbons (Fsp3) is 0.520. The van der Waals surface area contributed by atoms with Gasteiger partial charge in [-0.1, -0.05) is 29.7 Å². The van der Waals surface area contributed by atoms with Crippen LogP contribution >= 0.6 is 0 Å². The summed E-state index contributed by atoms with van der Waals surface area (Å²) >= 11 is 0. The Labute approximate surface area is 165 Å². The minimum atomic E-state index is -0.247. The van der Waals surface area contributed by atoms with Gasteiger partial charge < -0.3 is 5.11 Å². The number of fused-ring (bicyclic) bond motifs is 4. The first kappa shape index (κ1) is 16.8. The van der Waals surface area contributed by atoms with Gasteiger partial charge in [0.05, 0.1) is 0 Å². The second-order valence-corrected chi connectivity index (χ2v) is 9.91. The van der Waals surface area contributed by atoms with Crippen LogP contribution in [0, 0.1) is 16.7 Å². The Balaban J connectivity index is 1.66. The summed E-state index contributed by atoms with van der Waals surface area (Å²) in [4.78, 5) is 25.2. The molecular formula is C25H26O3.